The Morgan fingerprint density at radius 3 is 1.56 bits per heavy atom. The highest BCUT2D eigenvalue weighted by molar-refractivity contribution is 7.88. The van der Waals surface area contributed by atoms with E-state index in [1.54, 1.807) is 42.5 Å². The molecule has 5 nitrogen and oxygen atoms in total. The quantitative estimate of drug-likeness (QED) is 0.480. The molecule has 0 amide bonds. The van der Waals surface area contributed by atoms with Crippen LogP contribution in [0.25, 0.3) is 0 Å². The minimum absolute atomic E-state index is 0.104. The van der Waals surface area contributed by atoms with Gasteiger partial charge >= 0.3 is 0 Å². The predicted octanol–water partition coefficient (Wildman–Crippen LogP) is 2.10. The molecule has 7 heteroatoms. The van der Waals surface area contributed by atoms with Gasteiger partial charge in [-0.2, -0.15) is 8.42 Å². The summed E-state index contributed by atoms with van der Waals surface area (Å²) in [6, 6.07) is 19.3. The number of aromatic hydroxyl groups is 2. The van der Waals surface area contributed by atoms with Gasteiger partial charge in [0.15, 0.2) is 0 Å². The Kier molecular flexibility index (Phi) is 4.77. The van der Waals surface area contributed by atoms with Crippen molar-refractivity contribution in [3.8, 4) is 11.5 Å². The molecular weight excluding hydrogens is 359 g/mol. The van der Waals surface area contributed by atoms with Crippen LogP contribution in [0.4, 0.5) is 0 Å². The third-order valence-corrected chi connectivity index (χ3v) is 7.16. The fourth-order valence-corrected chi connectivity index (χ4v) is 5.97. The number of phenols is 2. The van der Waals surface area contributed by atoms with Gasteiger partial charge in [-0.05, 0) is 48.9 Å². The van der Waals surface area contributed by atoms with Gasteiger partial charge in [0.1, 0.15) is 16.4 Å². The monoisotopic (exact) mass is 374 g/mol. The van der Waals surface area contributed by atoms with Crippen LogP contribution in [0.15, 0.2) is 77.7 Å². The molecule has 0 aliphatic rings. The first-order valence-corrected chi connectivity index (χ1v) is 10.1. The van der Waals surface area contributed by atoms with Gasteiger partial charge in [-0.15, -0.1) is 0 Å². The molecule has 0 radical (unpaired) electrons. The van der Waals surface area contributed by atoms with Gasteiger partial charge in [0.25, 0.3) is 10.1 Å². The minimum Gasteiger partial charge on any atom is -0.508 e. The van der Waals surface area contributed by atoms with Crippen LogP contribution in [0.2, 0.25) is 0 Å². The van der Waals surface area contributed by atoms with Crippen LogP contribution in [0.1, 0.15) is 0 Å². The molecule has 128 valence electrons. The molecule has 3 rings (SSSR count). The lowest BCUT2D eigenvalue weighted by molar-refractivity contribution is 0.475. The van der Waals surface area contributed by atoms with Crippen molar-refractivity contribution in [1.82, 2.24) is 0 Å². The molecular formula is C18H15O5PS. The average molecular weight is 374 g/mol. The highest BCUT2D eigenvalue weighted by Gasteiger charge is 2.24. The molecule has 0 aromatic heterocycles. The number of hydrogen-bond acceptors (Lipinski definition) is 4. The van der Waals surface area contributed by atoms with Gasteiger partial charge in [0.2, 0.25) is 0 Å². The van der Waals surface area contributed by atoms with Gasteiger partial charge in [-0.3, -0.25) is 4.55 Å². The van der Waals surface area contributed by atoms with Crippen molar-refractivity contribution >= 4 is 34.0 Å². The summed E-state index contributed by atoms with van der Waals surface area (Å²) in [5, 5.41) is 21.1. The van der Waals surface area contributed by atoms with Crippen LogP contribution < -0.4 is 15.9 Å². The second-order valence-electron chi connectivity index (χ2n) is 5.31. The summed E-state index contributed by atoms with van der Waals surface area (Å²) in [4.78, 5) is -0.151. The topological polar surface area (TPSA) is 94.8 Å². The maximum atomic E-state index is 11.8. The van der Waals surface area contributed by atoms with Crippen LogP contribution >= 0.6 is 7.92 Å². The fourth-order valence-electron chi connectivity index (χ4n) is 2.49. The Morgan fingerprint density at radius 1 is 0.680 bits per heavy atom. The average Bonchev–Trinajstić information content (AvgIpc) is 2.58. The van der Waals surface area contributed by atoms with Gasteiger partial charge in [0.05, 0.1) is 0 Å². The molecule has 0 spiro atoms. The summed E-state index contributed by atoms with van der Waals surface area (Å²) in [5.74, 6) is 0.208. The number of benzene rings is 3. The van der Waals surface area contributed by atoms with Crippen LogP contribution in [0.5, 0.6) is 11.5 Å². The van der Waals surface area contributed by atoms with Crippen molar-refractivity contribution in [3.05, 3.63) is 72.8 Å². The summed E-state index contributed by atoms with van der Waals surface area (Å²) in [6.07, 6.45) is 0. The first-order chi connectivity index (χ1) is 11.9. The second kappa shape index (κ2) is 6.84. The van der Waals surface area contributed by atoms with E-state index in [0.717, 1.165) is 10.6 Å². The highest BCUT2D eigenvalue weighted by Crippen LogP contribution is 2.36. The number of rotatable bonds is 4. The molecule has 0 fully saturated rings. The summed E-state index contributed by atoms with van der Waals surface area (Å²) in [6.45, 7) is 0. The van der Waals surface area contributed by atoms with Gasteiger partial charge < -0.3 is 10.2 Å². The lowest BCUT2D eigenvalue weighted by Gasteiger charge is -2.21. The fraction of sp³-hybridized carbons (Fsp3) is 0. The van der Waals surface area contributed by atoms with Gasteiger partial charge in [-0.25, -0.2) is 0 Å². The molecule has 0 aliphatic carbocycles. The van der Waals surface area contributed by atoms with Crippen molar-refractivity contribution in [3.63, 3.8) is 0 Å². The molecule has 0 atom stereocenters. The molecule has 0 heterocycles. The maximum absolute atomic E-state index is 11.8. The normalized spacial score (nSPS) is 11.6. The Labute approximate surface area is 146 Å². The zero-order chi connectivity index (χ0) is 18.0. The zero-order valence-electron chi connectivity index (χ0n) is 12.9. The SMILES string of the molecule is O=S(=O)(O)c1ccccc1P(c1ccc(O)cc1)c1ccc(O)cc1. The lowest BCUT2D eigenvalue weighted by Crippen LogP contribution is -2.24. The number of hydrogen-bond donors (Lipinski definition) is 3. The minimum atomic E-state index is -4.39. The summed E-state index contributed by atoms with van der Waals surface area (Å²) < 4.78 is 33.2. The highest BCUT2D eigenvalue weighted by atomic mass is 32.2. The second-order valence-corrected chi connectivity index (χ2v) is 8.89. The molecule has 0 saturated carbocycles. The Bertz CT molecular complexity index is 937. The Balaban J connectivity index is 2.26. The van der Waals surface area contributed by atoms with Crippen molar-refractivity contribution in [2.45, 2.75) is 4.90 Å². The van der Waals surface area contributed by atoms with E-state index in [-0.39, 0.29) is 16.4 Å². The van der Waals surface area contributed by atoms with E-state index in [2.05, 4.69) is 0 Å². The molecule has 3 aromatic rings. The van der Waals surface area contributed by atoms with Crippen LogP contribution in [-0.2, 0) is 10.1 Å². The molecule has 0 unspecified atom stereocenters. The molecule has 0 saturated heterocycles. The van der Waals surface area contributed by atoms with Crippen molar-refractivity contribution in [2.75, 3.05) is 0 Å². The number of phenolic OH excluding ortho intramolecular Hbond substituents is 2. The summed E-state index contributed by atoms with van der Waals surface area (Å²) >= 11 is 0. The molecule has 3 N–H and O–H groups in total. The third kappa shape index (κ3) is 3.82. The van der Waals surface area contributed by atoms with Crippen molar-refractivity contribution in [1.29, 1.82) is 0 Å². The Morgan fingerprint density at radius 2 is 1.12 bits per heavy atom. The van der Waals surface area contributed by atoms with Crippen LogP contribution in [-0.4, -0.2) is 23.2 Å². The molecule has 25 heavy (non-hydrogen) atoms. The van der Waals surface area contributed by atoms with Crippen molar-refractivity contribution in [2.24, 2.45) is 0 Å². The summed E-state index contributed by atoms with van der Waals surface area (Å²) in [5.41, 5.74) is 0. The van der Waals surface area contributed by atoms with E-state index in [1.165, 1.54) is 30.3 Å². The predicted molar refractivity (Wildman–Crippen MR) is 98.3 cm³/mol. The first kappa shape index (κ1) is 17.4. The van der Waals surface area contributed by atoms with E-state index in [0.29, 0.717) is 5.30 Å². The van der Waals surface area contributed by atoms with E-state index in [9.17, 15) is 23.2 Å². The van der Waals surface area contributed by atoms with E-state index in [1.807, 2.05) is 0 Å². The molecule has 3 aromatic carbocycles. The third-order valence-electron chi connectivity index (χ3n) is 3.60. The van der Waals surface area contributed by atoms with Gasteiger partial charge in [-0.1, -0.05) is 42.5 Å². The van der Waals surface area contributed by atoms with Gasteiger partial charge in [0, 0.05) is 5.30 Å². The Hall–Kier alpha value is -2.40. The smallest absolute Gasteiger partial charge is 0.295 e. The van der Waals surface area contributed by atoms with E-state index in [4.69, 9.17) is 0 Å². The summed E-state index contributed by atoms with van der Waals surface area (Å²) in [7, 11) is -5.71. The standard InChI is InChI=1S/C18H15O5PS/c19-13-5-9-15(10-6-13)24(16-11-7-14(20)8-12-16)17-3-1-2-4-18(17)25(21,22)23/h1-12,19-20H,(H,21,22,23). The molecule has 0 aliphatic heterocycles. The van der Waals surface area contributed by atoms with E-state index >= 15 is 0 Å². The largest absolute Gasteiger partial charge is 0.508 e. The van der Waals surface area contributed by atoms with E-state index < -0.39 is 18.0 Å². The first-order valence-electron chi connectivity index (χ1n) is 7.31. The van der Waals surface area contributed by atoms with Crippen LogP contribution in [0.3, 0.4) is 0 Å². The molecule has 0 bridgehead atoms. The lowest BCUT2D eigenvalue weighted by atomic mass is 10.3. The van der Waals surface area contributed by atoms with Crippen LogP contribution in [0, 0.1) is 0 Å². The maximum Gasteiger partial charge on any atom is 0.295 e. The zero-order valence-corrected chi connectivity index (χ0v) is 14.7. The van der Waals surface area contributed by atoms with Crippen molar-refractivity contribution < 1.29 is 23.2 Å².